The highest BCUT2D eigenvalue weighted by molar-refractivity contribution is 6.75. The third-order valence-electron chi connectivity index (χ3n) is 10.3. The second-order valence-electron chi connectivity index (χ2n) is 16.6. The maximum atomic E-state index is 14.3. The molecule has 1 aromatic rings. The highest BCUT2D eigenvalue weighted by Gasteiger charge is 2.56. The van der Waals surface area contributed by atoms with Crippen molar-refractivity contribution < 1.29 is 23.5 Å². The molecule has 238 valence electrons. The van der Waals surface area contributed by atoms with Gasteiger partial charge in [-0.1, -0.05) is 65.3 Å². The minimum Gasteiger partial charge on any atom is -0.543 e. The maximum absolute atomic E-state index is 14.3. The van der Waals surface area contributed by atoms with Gasteiger partial charge in [0.05, 0.1) is 11.0 Å². The number of ketones is 2. The Morgan fingerprint density at radius 1 is 0.860 bits per heavy atom. The Bertz CT molecular complexity index is 1380. The summed E-state index contributed by atoms with van der Waals surface area (Å²) in [6.45, 7) is 31.4. The van der Waals surface area contributed by atoms with Crippen molar-refractivity contribution >= 4 is 28.2 Å². The Kier molecular flexibility index (Phi) is 9.26. The first-order chi connectivity index (χ1) is 19.2. The van der Waals surface area contributed by atoms with E-state index < -0.39 is 39.5 Å². The number of hydrogen-bond acceptors (Lipinski definition) is 5. The number of allylic oxidation sites excluding steroid dienone is 5. The smallest absolute Gasteiger partial charge is 0.250 e. The van der Waals surface area contributed by atoms with Crippen molar-refractivity contribution in [2.75, 3.05) is 0 Å². The summed E-state index contributed by atoms with van der Waals surface area (Å²) in [7, 11) is -4.52. The predicted molar refractivity (Wildman–Crippen MR) is 183 cm³/mol. The van der Waals surface area contributed by atoms with E-state index in [9.17, 15) is 14.7 Å². The molecule has 0 bridgehead atoms. The molecule has 3 rings (SSSR count). The molecule has 0 spiro atoms. The van der Waals surface area contributed by atoms with Crippen LogP contribution in [0.4, 0.5) is 0 Å². The van der Waals surface area contributed by atoms with Gasteiger partial charge in [-0.3, -0.25) is 9.59 Å². The SMILES string of the molecule is CC1=C[C@H](c2cc(O[Si](C)(C)C(C)(C)C)c(C)cc2O[Si](C)(C)C(C)(C)C)[C@]2(C=CC(C)(C)O)C(=O)C=C(C)C(=O)[C@@H]2C1. The van der Waals surface area contributed by atoms with Gasteiger partial charge in [-0.2, -0.15) is 0 Å². The van der Waals surface area contributed by atoms with Crippen molar-refractivity contribution in [3.05, 3.63) is 58.7 Å². The number of fused-ring (bicyclic) bond motifs is 1. The second-order valence-corrected chi connectivity index (χ2v) is 26.1. The third kappa shape index (κ3) is 6.89. The Morgan fingerprint density at radius 2 is 1.37 bits per heavy atom. The van der Waals surface area contributed by atoms with E-state index in [0.29, 0.717) is 12.0 Å². The van der Waals surface area contributed by atoms with Crippen molar-refractivity contribution in [1.82, 2.24) is 0 Å². The topological polar surface area (TPSA) is 72.8 Å². The average Bonchev–Trinajstić information content (AvgIpc) is 2.81. The number of Topliss-reactive ketones (excluding diaryl/α,β-unsaturated/α-hetero) is 1. The van der Waals surface area contributed by atoms with E-state index >= 15 is 0 Å². The average molecular weight is 625 g/mol. The molecule has 7 heteroatoms. The molecule has 5 nitrogen and oxygen atoms in total. The molecular weight excluding hydrogens is 569 g/mol. The van der Waals surface area contributed by atoms with Gasteiger partial charge in [0.15, 0.2) is 11.6 Å². The van der Waals surface area contributed by atoms with Crippen molar-refractivity contribution in [2.45, 2.75) is 130 Å². The van der Waals surface area contributed by atoms with E-state index in [1.54, 1.807) is 26.8 Å². The van der Waals surface area contributed by atoms with E-state index in [4.69, 9.17) is 8.85 Å². The Hall–Kier alpha value is -2.23. The van der Waals surface area contributed by atoms with E-state index in [0.717, 1.165) is 28.2 Å². The van der Waals surface area contributed by atoms with Gasteiger partial charge < -0.3 is 14.0 Å². The summed E-state index contributed by atoms with van der Waals surface area (Å²) >= 11 is 0. The quantitative estimate of drug-likeness (QED) is 0.242. The highest BCUT2D eigenvalue weighted by Crippen LogP contribution is 2.57. The number of carbonyl (C=O) groups is 2. The summed E-state index contributed by atoms with van der Waals surface area (Å²) in [6.07, 6.45) is 7.63. The molecule has 0 saturated carbocycles. The van der Waals surface area contributed by atoms with Gasteiger partial charge in [0.1, 0.15) is 11.5 Å². The lowest BCUT2D eigenvalue weighted by Gasteiger charge is -2.48. The number of hydrogen-bond donors (Lipinski definition) is 1. The summed E-state index contributed by atoms with van der Waals surface area (Å²) in [4.78, 5) is 28.2. The van der Waals surface area contributed by atoms with Crippen LogP contribution in [0.25, 0.3) is 0 Å². The van der Waals surface area contributed by atoms with E-state index in [2.05, 4.69) is 92.9 Å². The first-order valence-electron chi connectivity index (χ1n) is 15.6. The maximum Gasteiger partial charge on any atom is 0.250 e. The molecule has 0 aliphatic heterocycles. The molecule has 0 saturated heterocycles. The Balaban J connectivity index is 2.44. The molecule has 0 heterocycles. The fourth-order valence-electron chi connectivity index (χ4n) is 5.47. The molecular formula is C36H56O5Si2. The number of rotatable bonds is 7. The minimum atomic E-state index is -2.31. The first-order valence-corrected chi connectivity index (χ1v) is 21.4. The Morgan fingerprint density at radius 3 is 1.86 bits per heavy atom. The van der Waals surface area contributed by atoms with Crippen molar-refractivity contribution in [3.8, 4) is 11.5 Å². The van der Waals surface area contributed by atoms with Gasteiger partial charge in [0.2, 0.25) is 16.6 Å². The zero-order chi connectivity index (χ0) is 33.1. The van der Waals surface area contributed by atoms with Gasteiger partial charge in [0.25, 0.3) is 0 Å². The second kappa shape index (κ2) is 11.3. The fraction of sp³-hybridized carbons (Fsp3) is 0.611. The van der Waals surface area contributed by atoms with Gasteiger partial charge >= 0.3 is 0 Å². The van der Waals surface area contributed by atoms with Crippen LogP contribution in [0.3, 0.4) is 0 Å². The standard InChI is InChI=1S/C36H56O5Si2/c1-23-18-27(36(17-16-35(10,11)39)28(19-23)32(38)25(3)21-31(36)37)26-22-29(40-42(12,13)33(4,5)6)24(2)20-30(26)41-43(14,15)34(7,8)9/h16-18,20-22,27-28,39H,19H2,1-15H3/t27-,28+,36+/m1/s1. The fourth-order valence-corrected chi connectivity index (χ4v) is 7.57. The van der Waals surface area contributed by atoms with Crippen LogP contribution >= 0.6 is 0 Å². The van der Waals surface area contributed by atoms with Gasteiger partial charge in [-0.05, 0) is 107 Å². The van der Waals surface area contributed by atoms with E-state index in [1.807, 2.05) is 13.0 Å². The lowest BCUT2D eigenvalue weighted by molar-refractivity contribution is -0.135. The number of benzene rings is 1. The summed E-state index contributed by atoms with van der Waals surface area (Å²) in [5.74, 6) is 0.325. The van der Waals surface area contributed by atoms with Gasteiger partial charge in [-0.15, -0.1) is 0 Å². The van der Waals surface area contributed by atoms with Crippen LogP contribution in [0.2, 0.25) is 36.3 Å². The summed E-state index contributed by atoms with van der Waals surface area (Å²) in [5, 5.41) is 10.7. The van der Waals surface area contributed by atoms with Crippen LogP contribution in [-0.4, -0.2) is 38.9 Å². The normalized spacial score (nSPS) is 24.1. The van der Waals surface area contributed by atoms with Crippen LogP contribution in [0, 0.1) is 18.3 Å². The van der Waals surface area contributed by atoms with Crippen LogP contribution in [0.1, 0.15) is 92.7 Å². The van der Waals surface area contributed by atoms with E-state index in [-0.39, 0.29) is 21.6 Å². The molecule has 2 aliphatic carbocycles. The largest absolute Gasteiger partial charge is 0.543 e. The van der Waals surface area contributed by atoms with Crippen LogP contribution < -0.4 is 8.85 Å². The van der Waals surface area contributed by atoms with Crippen molar-refractivity contribution in [2.24, 2.45) is 11.3 Å². The summed E-state index contributed by atoms with van der Waals surface area (Å²) in [5.41, 5.74) is 1.01. The number of aryl methyl sites for hydroxylation is 1. The first kappa shape index (κ1) is 35.3. The molecule has 0 radical (unpaired) electrons. The van der Waals surface area contributed by atoms with Crippen LogP contribution in [-0.2, 0) is 9.59 Å². The lowest BCUT2D eigenvalue weighted by Crippen LogP contribution is -2.50. The highest BCUT2D eigenvalue weighted by atomic mass is 28.4. The number of carbonyl (C=O) groups excluding carboxylic acids is 2. The van der Waals surface area contributed by atoms with Crippen LogP contribution in [0.15, 0.2) is 47.6 Å². The third-order valence-corrected chi connectivity index (χ3v) is 19.0. The molecule has 0 fully saturated rings. The lowest BCUT2D eigenvalue weighted by atomic mass is 9.53. The molecule has 2 aliphatic rings. The zero-order valence-corrected chi connectivity index (χ0v) is 31.4. The van der Waals surface area contributed by atoms with E-state index in [1.165, 1.54) is 6.08 Å². The zero-order valence-electron chi connectivity index (χ0n) is 29.4. The monoisotopic (exact) mass is 624 g/mol. The van der Waals surface area contributed by atoms with Crippen LogP contribution in [0.5, 0.6) is 11.5 Å². The minimum absolute atomic E-state index is 0.00686. The summed E-state index contributed by atoms with van der Waals surface area (Å²) in [6, 6.07) is 4.16. The van der Waals surface area contributed by atoms with Gasteiger partial charge in [0, 0.05) is 17.4 Å². The molecule has 3 atom stereocenters. The Labute approximate surface area is 263 Å². The molecule has 0 amide bonds. The molecule has 0 aromatic heterocycles. The predicted octanol–water partition coefficient (Wildman–Crippen LogP) is 9.22. The molecule has 1 N–H and O–H groups in total. The molecule has 0 unspecified atom stereocenters. The molecule has 43 heavy (non-hydrogen) atoms. The number of aliphatic hydroxyl groups is 1. The van der Waals surface area contributed by atoms with Crippen molar-refractivity contribution in [3.63, 3.8) is 0 Å². The van der Waals surface area contributed by atoms with Gasteiger partial charge in [-0.25, -0.2) is 0 Å². The summed E-state index contributed by atoms with van der Waals surface area (Å²) < 4.78 is 14.0. The molecule has 1 aromatic carbocycles. The van der Waals surface area contributed by atoms with Crippen molar-refractivity contribution in [1.29, 1.82) is 0 Å².